The summed E-state index contributed by atoms with van der Waals surface area (Å²) < 4.78 is 39.3. The second-order valence-corrected chi connectivity index (χ2v) is 4.36. The summed E-state index contributed by atoms with van der Waals surface area (Å²) in [6, 6.07) is 0. The monoisotopic (exact) mass is 277 g/mol. The van der Waals surface area contributed by atoms with Crippen molar-refractivity contribution < 1.29 is 61.6 Å². The fourth-order valence-electron chi connectivity index (χ4n) is 0.917. The maximum absolute atomic E-state index is 11.2. The number of ether oxygens (including phenoxy) is 2. The summed E-state index contributed by atoms with van der Waals surface area (Å²) in [6.07, 6.45) is -0.758. The fraction of sp³-hybridized carbons (Fsp3) is 0.750. The summed E-state index contributed by atoms with van der Waals surface area (Å²) in [4.78, 5) is 22.2. The van der Waals surface area contributed by atoms with Crippen LogP contribution in [0.15, 0.2) is 0 Å². The van der Waals surface area contributed by atoms with Crippen LogP contribution in [0, 0.1) is 0 Å². The summed E-state index contributed by atoms with van der Waals surface area (Å²) in [5.74, 6) is -2.06. The van der Waals surface area contributed by atoms with Crippen molar-refractivity contribution in [2.45, 2.75) is 25.5 Å². The van der Waals surface area contributed by atoms with Gasteiger partial charge in [-0.25, -0.2) is 0 Å². The van der Waals surface area contributed by atoms with Crippen LogP contribution in [0.2, 0.25) is 0 Å². The maximum atomic E-state index is 11.2. The van der Waals surface area contributed by atoms with E-state index in [1.807, 2.05) is 0 Å². The Labute approximate surface area is 122 Å². The van der Waals surface area contributed by atoms with Crippen LogP contribution in [0.25, 0.3) is 0 Å². The first kappa shape index (κ1) is 19.2. The molecule has 0 aromatic heterocycles. The molecule has 0 heterocycles. The standard InChI is InChI=1S/C8H14O7S.Na/c1-3-14-7(9)5-6(16(11,12)13)8(10)15-4-2;/h6H,3-5H2,1-2H3,(H,11,12,13);/q;+1. The zero-order chi connectivity index (χ0) is 12.8. The van der Waals surface area contributed by atoms with Crippen LogP contribution in [-0.4, -0.2) is 43.4 Å². The molecule has 9 heteroatoms. The van der Waals surface area contributed by atoms with Gasteiger partial charge in [0.05, 0.1) is 19.6 Å². The van der Waals surface area contributed by atoms with Crippen LogP contribution < -0.4 is 29.6 Å². The van der Waals surface area contributed by atoms with E-state index in [0.29, 0.717) is 0 Å². The molecule has 0 aliphatic heterocycles. The average Bonchev–Trinajstić information content (AvgIpc) is 2.13. The van der Waals surface area contributed by atoms with Gasteiger partial charge in [0.25, 0.3) is 10.1 Å². The molecule has 0 aliphatic rings. The Kier molecular flexibility index (Phi) is 10.0. The van der Waals surface area contributed by atoms with Crippen molar-refractivity contribution in [1.82, 2.24) is 0 Å². The zero-order valence-electron chi connectivity index (χ0n) is 10.0. The van der Waals surface area contributed by atoms with Crippen molar-refractivity contribution in [1.29, 1.82) is 0 Å². The molecule has 1 atom stereocenters. The average molecular weight is 277 g/mol. The Morgan fingerprint density at radius 3 is 2.00 bits per heavy atom. The molecule has 0 saturated heterocycles. The molecule has 94 valence electrons. The van der Waals surface area contributed by atoms with Gasteiger partial charge in [-0.3, -0.25) is 14.1 Å². The van der Waals surface area contributed by atoms with E-state index in [1.54, 1.807) is 0 Å². The van der Waals surface area contributed by atoms with E-state index in [2.05, 4.69) is 9.47 Å². The van der Waals surface area contributed by atoms with Gasteiger partial charge in [0, 0.05) is 0 Å². The molecule has 1 unspecified atom stereocenters. The first-order valence-electron chi connectivity index (χ1n) is 4.61. The van der Waals surface area contributed by atoms with E-state index in [9.17, 15) is 18.0 Å². The molecule has 0 aromatic rings. The topological polar surface area (TPSA) is 107 Å². The van der Waals surface area contributed by atoms with Gasteiger partial charge in [-0.15, -0.1) is 0 Å². The minimum atomic E-state index is -4.68. The minimum absolute atomic E-state index is 0. The third-order valence-corrected chi connectivity index (χ3v) is 2.64. The molecule has 0 radical (unpaired) electrons. The number of carbonyl (C=O) groups excluding carboxylic acids is 2. The Hall–Kier alpha value is -0.150. The molecule has 0 spiro atoms. The number of rotatable bonds is 6. The molecule has 7 nitrogen and oxygen atoms in total. The molecular formula is C8H14NaO7S+. The van der Waals surface area contributed by atoms with Crippen molar-refractivity contribution in [2.75, 3.05) is 13.2 Å². The summed E-state index contributed by atoms with van der Waals surface area (Å²) in [5.41, 5.74) is 0. The summed E-state index contributed by atoms with van der Waals surface area (Å²) in [7, 11) is -4.68. The van der Waals surface area contributed by atoms with Crippen molar-refractivity contribution in [3.8, 4) is 0 Å². The third kappa shape index (κ3) is 7.72. The van der Waals surface area contributed by atoms with Gasteiger partial charge in [-0.05, 0) is 13.8 Å². The molecule has 0 aliphatic carbocycles. The first-order valence-corrected chi connectivity index (χ1v) is 6.11. The van der Waals surface area contributed by atoms with Crippen molar-refractivity contribution in [2.24, 2.45) is 0 Å². The summed E-state index contributed by atoms with van der Waals surface area (Å²) in [6.45, 7) is 3.02. The van der Waals surface area contributed by atoms with Crippen LogP contribution in [0.3, 0.4) is 0 Å². The molecule has 1 N–H and O–H groups in total. The van der Waals surface area contributed by atoms with E-state index in [-0.39, 0.29) is 42.8 Å². The fourth-order valence-corrected chi connectivity index (χ4v) is 1.57. The van der Waals surface area contributed by atoms with E-state index in [4.69, 9.17) is 4.55 Å². The number of esters is 2. The molecular weight excluding hydrogens is 263 g/mol. The van der Waals surface area contributed by atoms with Gasteiger partial charge in [-0.2, -0.15) is 8.42 Å². The van der Waals surface area contributed by atoms with E-state index in [1.165, 1.54) is 13.8 Å². The number of hydrogen-bond donors (Lipinski definition) is 1. The predicted octanol–water partition coefficient (Wildman–Crippen LogP) is -3.24. The SMILES string of the molecule is CCOC(=O)CC(C(=O)OCC)S(=O)(=O)O.[Na+]. The summed E-state index contributed by atoms with van der Waals surface area (Å²) >= 11 is 0. The summed E-state index contributed by atoms with van der Waals surface area (Å²) in [5, 5.41) is -1.92. The van der Waals surface area contributed by atoms with Crippen molar-refractivity contribution >= 4 is 22.1 Å². The molecule has 0 aromatic carbocycles. The number of hydrogen-bond acceptors (Lipinski definition) is 6. The van der Waals surface area contributed by atoms with Crippen LogP contribution in [0.4, 0.5) is 0 Å². The van der Waals surface area contributed by atoms with Gasteiger partial charge in [0.1, 0.15) is 0 Å². The van der Waals surface area contributed by atoms with E-state index >= 15 is 0 Å². The van der Waals surface area contributed by atoms with Gasteiger partial charge in [-0.1, -0.05) is 0 Å². The Balaban J connectivity index is 0. The Bertz CT molecular complexity index is 351. The smallest absolute Gasteiger partial charge is 0.466 e. The second kappa shape index (κ2) is 8.87. The van der Waals surface area contributed by atoms with Gasteiger partial charge in [0.15, 0.2) is 5.25 Å². The van der Waals surface area contributed by atoms with Gasteiger partial charge >= 0.3 is 41.5 Å². The minimum Gasteiger partial charge on any atom is -0.466 e. The van der Waals surface area contributed by atoms with E-state index < -0.39 is 33.7 Å². The van der Waals surface area contributed by atoms with Crippen LogP contribution in [0.5, 0.6) is 0 Å². The molecule has 0 bridgehead atoms. The van der Waals surface area contributed by atoms with Gasteiger partial charge < -0.3 is 9.47 Å². The Morgan fingerprint density at radius 2 is 1.65 bits per heavy atom. The van der Waals surface area contributed by atoms with Crippen LogP contribution in [0.1, 0.15) is 20.3 Å². The van der Waals surface area contributed by atoms with Gasteiger partial charge in [0.2, 0.25) is 0 Å². The van der Waals surface area contributed by atoms with Crippen molar-refractivity contribution in [3.63, 3.8) is 0 Å². The molecule has 17 heavy (non-hydrogen) atoms. The number of carbonyl (C=O) groups is 2. The molecule has 0 fully saturated rings. The largest absolute Gasteiger partial charge is 1.00 e. The third-order valence-electron chi connectivity index (χ3n) is 1.57. The first-order chi connectivity index (χ1) is 7.32. The quantitative estimate of drug-likeness (QED) is 0.309. The molecule has 0 rings (SSSR count). The van der Waals surface area contributed by atoms with Crippen LogP contribution >= 0.6 is 0 Å². The molecule has 0 saturated carbocycles. The zero-order valence-corrected chi connectivity index (χ0v) is 12.8. The van der Waals surface area contributed by atoms with Crippen LogP contribution in [-0.2, 0) is 29.2 Å². The van der Waals surface area contributed by atoms with E-state index in [0.717, 1.165) is 0 Å². The maximum Gasteiger partial charge on any atom is 1.00 e. The van der Waals surface area contributed by atoms with Crippen molar-refractivity contribution in [3.05, 3.63) is 0 Å². The predicted molar refractivity (Wildman–Crippen MR) is 53.2 cm³/mol. The Morgan fingerprint density at radius 1 is 1.18 bits per heavy atom. The second-order valence-electron chi connectivity index (χ2n) is 2.76. The molecule has 0 amide bonds. The normalized spacial score (nSPS) is 12.2.